The van der Waals surface area contributed by atoms with E-state index in [4.69, 9.17) is 4.74 Å². The molecule has 0 amide bonds. The van der Waals surface area contributed by atoms with Crippen LogP contribution in [0.4, 0.5) is 0 Å². The van der Waals surface area contributed by atoms with Gasteiger partial charge in [0.25, 0.3) is 0 Å². The van der Waals surface area contributed by atoms with Crippen LogP contribution in [0.1, 0.15) is 34.6 Å². The molecule has 0 heterocycles. The van der Waals surface area contributed by atoms with Crippen molar-refractivity contribution in [2.45, 2.75) is 40.2 Å². The molecule has 1 aliphatic carbocycles. The van der Waals surface area contributed by atoms with E-state index in [1.165, 1.54) is 11.1 Å². The third kappa shape index (κ3) is 2.27. The molecule has 0 aliphatic heterocycles. The second-order valence-electron chi connectivity index (χ2n) is 5.56. The van der Waals surface area contributed by atoms with Crippen molar-refractivity contribution < 1.29 is 4.74 Å². The van der Waals surface area contributed by atoms with Crippen LogP contribution in [0.15, 0.2) is 28.3 Å². The molecular formula is C14H23NO. The van der Waals surface area contributed by atoms with Gasteiger partial charge in [-0.05, 0) is 36.5 Å². The quantitative estimate of drug-likeness (QED) is 0.665. The van der Waals surface area contributed by atoms with Gasteiger partial charge in [0, 0.05) is 14.2 Å². The fourth-order valence-electron chi connectivity index (χ4n) is 2.09. The first kappa shape index (κ1) is 13.2. The Hall–Kier alpha value is -0.890. The molecule has 2 heteroatoms. The molecule has 1 rings (SSSR count). The Morgan fingerprint density at radius 1 is 1.31 bits per heavy atom. The van der Waals surface area contributed by atoms with Gasteiger partial charge in [0.2, 0.25) is 0 Å². The summed E-state index contributed by atoms with van der Waals surface area (Å²) in [4.78, 5) is 4.35. The summed E-state index contributed by atoms with van der Waals surface area (Å²) in [5.74, 6) is 0. The van der Waals surface area contributed by atoms with Crippen LogP contribution < -0.4 is 0 Å². The molecule has 90 valence electrons. The first-order chi connectivity index (χ1) is 7.24. The molecule has 16 heavy (non-hydrogen) atoms. The van der Waals surface area contributed by atoms with Gasteiger partial charge in [0.1, 0.15) is 5.60 Å². The zero-order valence-corrected chi connectivity index (χ0v) is 11.5. The lowest BCUT2D eigenvalue weighted by Gasteiger charge is -2.35. The highest BCUT2D eigenvalue weighted by Gasteiger charge is 2.34. The van der Waals surface area contributed by atoms with Crippen LogP contribution in [0.25, 0.3) is 0 Å². The van der Waals surface area contributed by atoms with E-state index in [1.807, 2.05) is 7.05 Å². The molecule has 0 aromatic rings. The van der Waals surface area contributed by atoms with Crippen LogP contribution >= 0.6 is 0 Å². The van der Waals surface area contributed by atoms with Crippen molar-refractivity contribution >= 4 is 5.71 Å². The zero-order valence-electron chi connectivity index (χ0n) is 11.5. The van der Waals surface area contributed by atoms with E-state index in [2.05, 4.69) is 51.8 Å². The maximum Gasteiger partial charge on any atom is 0.125 e. The van der Waals surface area contributed by atoms with Gasteiger partial charge in [-0.15, -0.1) is 0 Å². The lowest BCUT2D eigenvalue weighted by molar-refractivity contribution is 0.105. The Morgan fingerprint density at radius 2 is 1.88 bits per heavy atom. The molecule has 0 unspecified atom stereocenters. The standard InChI is InChI=1S/C14H23NO/c1-10-8-11(13(2,3)4)9-14(5,16-7)12(10)15-6/h8-9H,1-7H3/t14-/m0/s1. The number of ether oxygens (including phenoxy) is 1. The van der Waals surface area contributed by atoms with E-state index in [0.717, 1.165) is 5.71 Å². The first-order valence-corrected chi connectivity index (χ1v) is 5.69. The Morgan fingerprint density at radius 3 is 2.25 bits per heavy atom. The van der Waals surface area contributed by atoms with Crippen LogP contribution in [-0.2, 0) is 4.74 Å². The van der Waals surface area contributed by atoms with Crippen LogP contribution in [0, 0.1) is 5.41 Å². The fourth-order valence-corrected chi connectivity index (χ4v) is 2.09. The van der Waals surface area contributed by atoms with Crippen molar-refractivity contribution in [1.29, 1.82) is 0 Å². The summed E-state index contributed by atoms with van der Waals surface area (Å²) in [7, 11) is 3.56. The molecule has 1 atom stereocenters. The summed E-state index contributed by atoms with van der Waals surface area (Å²) in [6, 6.07) is 0. The first-order valence-electron chi connectivity index (χ1n) is 5.69. The van der Waals surface area contributed by atoms with Crippen molar-refractivity contribution in [1.82, 2.24) is 0 Å². The Kier molecular flexibility index (Phi) is 3.44. The van der Waals surface area contributed by atoms with Gasteiger partial charge in [-0.3, -0.25) is 4.99 Å². The Balaban J connectivity index is 3.31. The summed E-state index contributed by atoms with van der Waals surface area (Å²) < 4.78 is 5.63. The van der Waals surface area contributed by atoms with E-state index in [1.54, 1.807) is 7.11 Å². The third-order valence-electron chi connectivity index (χ3n) is 3.16. The molecule has 1 aliphatic rings. The molecule has 0 saturated carbocycles. The van der Waals surface area contributed by atoms with E-state index in [-0.39, 0.29) is 5.41 Å². The number of hydrogen-bond acceptors (Lipinski definition) is 2. The topological polar surface area (TPSA) is 21.6 Å². The van der Waals surface area contributed by atoms with Gasteiger partial charge < -0.3 is 4.74 Å². The number of hydrogen-bond donors (Lipinski definition) is 0. The highest BCUT2D eigenvalue weighted by molar-refractivity contribution is 6.08. The van der Waals surface area contributed by atoms with Crippen molar-refractivity contribution in [3.8, 4) is 0 Å². The van der Waals surface area contributed by atoms with Crippen LogP contribution in [0.2, 0.25) is 0 Å². The smallest absolute Gasteiger partial charge is 0.125 e. The lowest BCUT2D eigenvalue weighted by atomic mass is 9.76. The summed E-state index contributed by atoms with van der Waals surface area (Å²) in [6.07, 6.45) is 4.39. The molecule has 0 aromatic heterocycles. The molecule has 2 nitrogen and oxygen atoms in total. The molecule has 0 fully saturated rings. The highest BCUT2D eigenvalue weighted by atomic mass is 16.5. The highest BCUT2D eigenvalue weighted by Crippen LogP contribution is 2.35. The maximum atomic E-state index is 5.63. The molecule has 0 radical (unpaired) electrons. The van der Waals surface area contributed by atoms with Gasteiger partial charge in [0.05, 0.1) is 5.71 Å². The van der Waals surface area contributed by atoms with E-state index in [9.17, 15) is 0 Å². The number of nitrogens with zero attached hydrogens (tertiary/aromatic N) is 1. The monoisotopic (exact) mass is 221 g/mol. The number of aliphatic imine (C=N–C) groups is 1. The summed E-state index contributed by atoms with van der Waals surface area (Å²) in [5.41, 5.74) is 3.26. The second-order valence-corrected chi connectivity index (χ2v) is 5.56. The average Bonchev–Trinajstić information content (AvgIpc) is 2.16. The normalized spacial score (nSPS) is 29.1. The lowest BCUT2D eigenvalue weighted by Crippen LogP contribution is -2.39. The van der Waals surface area contributed by atoms with Gasteiger partial charge in [-0.2, -0.15) is 0 Å². The average molecular weight is 221 g/mol. The van der Waals surface area contributed by atoms with E-state index in [0.29, 0.717) is 0 Å². The van der Waals surface area contributed by atoms with Crippen LogP contribution in [-0.4, -0.2) is 25.5 Å². The predicted octanol–water partition coefficient (Wildman–Crippen LogP) is 3.39. The maximum absolute atomic E-state index is 5.63. The third-order valence-corrected chi connectivity index (χ3v) is 3.16. The zero-order chi connectivity index (χ0) is 12.6. The van der Waals surface area contributed by atoms with Crippen LogP contribution in [0.5, 0.6) is 0 Å². The van der Waals surface area contributed by atoms with Gasteiger partial charge in [0.15, 0.2) is 0 Å². The summed E-state index contributed by atoms with van der Waals surface area (Å²) >= 11 is 0. The minimum atomic E-state index is -0.393. The predicted molar refractivity (Wildman–Crippen MR) is 70.1 cm³/mol. The number of rotatable bonds is 1. The Labute approximate surface area is 99.1 Å². The number of methoxy groups -OCH3 is 1. The minimum absolute atomic E-state index is 0.139. The van der Waals surface area contributed by atoms with E-state index < -0.39 is 5.60 Å². The van der Waals surface area contributed by atoms with Crippen molar-refractivity contribution in [3.63, 3.8) is 0 Å². The summed E-state index contributed by atoms with van der Waals surface area (Å²) in [6.45, 7) is 10.8. The second kappa shape index (κ2) is 4.17. The molecule has 0 aromatic carbocycles. The van der Waals surface area contributed by atoms with E-state index >= 15 is 0 Å². The van der Waals surface area contributed by atoms with Crippen molar-refractivity contribution in [2.24, 2.45) is 10.4 Å². The van der Waals surface area contributed by atoms with Gasteiger partial charge in [-0.25, -0.2) is 0 Å². The van der Waals surface area contributed by atoms with Gasteiger partial charge in [-0.1, -0.05) is 26.8 Å². The molecule has 0 bridgehead atoms. The molecule has 0 spiro atoms. The Bertz CT molecular complexity index is 369. The van der Waals surface area contributed by atoms with Crippen LogP contribution in [0.3, 0.4) is 0 Å². The SMILES string of the molecule is CN=C1C(C)=CC(C(C)(C)C)=C[C@]1(C)OC. The number of allylic oxidation sites excluding steroid dienone is 2. The van der Waals surface area contributed by atoms with Gasteiger partial charge >= 0.3 is 0 Å². The molecular weight excluding hydrogens is 198 g/mol. The molecule has 0 saturated heterocycles. The summed E-state index contributed by atoms with van der Waals surface area (Å²) in [5, 5.41) is 0. The molecule has 0 N–H and O–H groups in total. The fraction of sp³-hybridized carbons (Fsp3) is 0.643. The minimum Gasteiger partial charge on any atom is -0.368 e. The largest absolute Gasteiger partial charge is 0.368 e. The van der Waals surface area contributed by atoms with Crippen molar-refractivity contribution in [2.75, 3.05) is 14.2 Å². The van der Waals surface area contributed by atoms with Crippen molar-refractivity contribution in [3.05, 3.63) is 23.3 Å².